The topological polar surface area (TPSA) is 75.6 Å². The predicted molar refractivity (Wildman–Crippen MR) is 50.2 cm³/mol. The first-order valence-corrected chi connectivity index (χ1v) is 4.34. The first-order valence-electron chi connectivity index (χ1n) is 4.34. The molecule has 0 aromatic rings. The fourth-order valence-corrected chi connectivity index (χ4v) is 0.829. The van der Waals surface area contributed by atoms with Crippen molar-refractivity contribution in [3.8, 4) is 0 Å². The molecule has 94 valence electrons. The largest absolute Gasteiger partial charge is 0.525 e. The average Bonchev–Trinajstić information content (AvgIpc) is 2.00. The summed E-state index contributed by atoms with van der Waals surface area (Å²) in [5.74, 6) is -0.459. The summed E-state index contributed by atoms with van der Waals surface area (Å²) >= 11 is 0. The molecule has 15 heavy (non-hydrogen) atoms. The molecule has 1 amide bonds. The molecule has 0 aliphatic rings. The molecule has 0 aliphatic carbocycles. The Morgan fingerprint density at radius 2 is 2.07 bits per heavy atom. The molecule has 5 nitrogen and oxygen atoms in total. The van der Waals surface area contributed by atoms with E-state index in [0.29, 0.717) is 0 Å². The van der Waals surface area contributed by atoms with Crippen LogP contribution in [0.15, 0.2) is 0 Å². The summed E-state index contributed by atoms with van der Waals surface area (Å²) in [4.78, 5) is 21.1. The Bertz CT molecular complexity index is 203. The maximum absolute atomic E-state index is 11.2. The second-order valence-electron chi connectivity index (χ2n) is 3.92. The molecule has 0 heterocycles. The van der Waals surface area contributed by atoms with E-state index in [1.165, 1.54) is 6.41 Å². The van der Waals surface area contributed by atoms with Crippen molar-refractivity contribution in [1.82, 2.24) is 5.32 Å². The van der Waals surface area contributed by atoms with Crippen molar-refractivity contribution < 1.29 is 19.4 Å². The van der Waals surface area contributed by atoms with E-state index < -0.39 is 17.6 Å². The van der Waals surface area contributed by atoms with Crippen LogP contribution >= 0.6 is 0 Å². The molecule has 0 rings (SSSR count). The smallest absolute Gasteiger partial charge is 0.308 e. The number of nitrogens with one attached hydrogen (secondary N) is 1. The van der Waals surface area contributed by atoms with Gasteiger partial charge in [-0.15, -0.1) is 0 Å². The van der Waals surface area contributed by atoms with Crippen LogP contribution in [0.25, 0.3) is 0 Å². The van der Waals surface area contributed by atoms with Crippen LogP contribution in [0.5, 0.6) is 0 Å². The molecule has 6 heteroatoms. The van der Waals surface area contributed by atoms with Crippen LogP contribution in [-0.2, 0) is 14.3 Å². The number of hydrogen-bond acceptors (Lipinski definition) is 4. The Morgan fingerprint density at radius 1 is 1.53 bits per heavy atom. The molecule has 0 aromatic carbocycles. The van der Waals surface area contributed by atoms with Gasteiger partial charge in [-0.1, -0.05) is 0 Å². The number of carbonyl (C=O) groups is 1. The van der Waals surface area contributed by atoms with E-state index in [0.717, 1.165) is 0 Å². The molecule has 0 aliphatic heterocycles. The van der Waals surface area contributed by atoms with Crippen LogP contribution < -0.4 is 5.32 Å². The molecule has 0 saturated carbocycles. The van der Waals surface area contributed by atoms with E-state index in [1.54, 1.807) is 20.8 Å². The fourth-order valence-electron chi connectivity index (χ4n) is 0.829. The quantitative estimate of drug-likeness (QED) is 0.338. The zero-order valence-corrected chi connectivity index (χ0v) is 11.4. The van der Waals surface area contributed by atoms with E-state index in [2.05, 4.69) is 5.32 Å². The minimum Gasteiger partial charge on any atom is -0.525 e. The van der Waals surface area contributed by atoms with Gasteiger partial charge < -0.3 is 20.0 Å². The predicted octanol–water partition coefficient (Wildman–Crippen LogP) is -0.264. The molecule has 2 N–H and O–H groups in total. The number of rotatable bonds is 5. The number of hydrogen-bond donors (Lipinski definition) is 2. The molecule has 0 aromatic heterocycles. The second kappa shape index (κ2) is 6.37. The second-order valence-corrected chi connectivity index (χ2v) is 3.92. The first-order chi connectivity index (χ1) is 6.39. The number of amides is 1. The Hall–Kier alpha value is -2.10. The summed E-state index contributed by atoms with van der Waals surface area (Å²) in [7, 11) is 0. The number of aliphatic hydroxyl groups is 1. The molecule has 1 unspecified atom stereocenters. The van der Waals surface area contributed by atoms with Crippen molar-refractivity contribution in [3.63, 3.8) is 0 Å². The summed E-state index contributed by atoms with van der Waals surface area (Å²) < 4.78 is 5.00. The summed E-state index contributed by atoms with van der Waals surface area (Å²) in [6.45, 7) is 4.93. The summed E-state index contributed by atoms with van der Waals surface area (Å²) in [5, 5.41) is 10.9. The van der Waals surface area contributed by atoms with Crippen LogP contribution in [0.2, 0.25) is 0 Å². The van der Waals surface area contributed by atoms with Crippen LogP contribution in [0.1, 0.15) is 27.2 Å². The zero-order chi connectivity index (χ0) is 11.2. The Morgan fingerprint density at radius 3 is 2.40 bits per heavy atom. The SMILES string of the molecule is CC(C)(C)OC(=O)CC(CO)N[C-]=O.[Fm]. The van der Waals surface area contributed by atoms with Crippen molar-refractivity contribution in [1.29, 1.82) is 0 Å². The minimum atomic E-state index is -0.623. The van der Waals surface area contributed by atoms with E-state index >= 15 is 0 Å². The van der Waals surface area contributed by atoms with Gasteiger partial charge in [0, 0.05) is 6.04 Å². The molecule has 0 bridgehead atoms. The normalized spacial score (nSPS) is 12.3. The van der Waals surface area contributed by atoms with Crippen LogP contribution in [0, 0.1) is 0 Å². The monoisotopic (exact) mass is 459 g/mol. The molecule has 0 saturated heterocycles. The van der Waals surface area contributed by atoms with E-state index in [4.69, 9.17) is 9.84 Å². The van der Waals surface area contributed by atoms with E-state index in [-0.39, 0.29) is 13.0 Å². The molecule has 1 atom stereocenters. The van der Waals surface area contributed by atoms with Crippen LogP contribution in [0.4, 0.5) is 0 Å². The number of aliphatic hydroxyl groups excluding tert-OH is 1. The molecular formula is C9H16FmNO4-. The van der Waals surface area contributed by atoms with Crippen molar-refractivity contribution in [2.24, 2.45) is 0 Å². The third kappa shape index (κ3) is 8.24. The van der Waals surface area contributed by atoms with Gasteiger partial charge in [0.2, 0.25) is 0 Å². The van der Waals surface area contributed by atoms with Gasteiger partial charge in [-0.3, -0.25) is 4.79 Å². The van der Waals surface area contributed by atoms with Gasteiger partial charge in [-0.2, -0.15) is 6.41 Å². The maximum atomic E-state index is 11.2. The van der Waals surface area contributed by atoms with Gasteiger partial charge in [-0.05, 0) is 20.8 Å². The van der Waals surface area contributed by atoms with Crippen molar-refractivity contribution in [2.45, 2.75) is 38.8 Å². The van der Waals surface area contributed by atoms with E-state index in [9.17, 15) is 9.59 Å². The zero-order valence-electron chi connectivity index (χ0n) is 8.95. The van der Waals surface area contributed by atoms with Crippen LogP contribution in [-0.4, -0.2) is 35.7 Å². The van der Waals surface area contributed by atoms with Crippen molar-refractivity contribution in [2.75, 3.05) is 6.61 Å². The van der Waals surface area contributed by atoms with Gasteiger partial charge in [0.1, 0.15) is 5.60 Å². The van der Waals surface area contributed by atoms with Crippen molar-refractivity contribution >= 4 is 12.4 Å². The molecule has 0 spiro atoms. The molecular weight excluding hydrogens is 443 g/mol. The third-order valence-corrected chi connectivity index (χ3v) is 1.32. The fraction of sp³-hybridized carbons (Fsp3) is 0.778. The van der Waals surface area contributed by atoms with E-state index in [1.807, 2.05) is 0 Å². The Labute approximate surface area is 83.4 Å². The standard InChI is InChI=1S/C9H16NO4.Fm/c1-9(2,3)14-8(13)4-7(5-11)10-6-12;/h7,11H,4-5H2,1-3H3,(H,10,12);/q-1;. The summed E-state index contributed by atoms with van der Waals surface area (Å²) in [5.41, 5.74) is -0.554. The Balaban J connectivity index is 0. The number of esters is 1. The summed E-state index contributed by atoms with van der Waals surface area (Å²) in [6, 6.07) is -0.623. The Kier molecular flexibility index (Phi) is 6.53. The third-order valence-electron chi connectivity index (χ3n) is 1.32. The average molecular weight is 459 g/mol. The maximum Gasteiger partial charge on any atom is 0.308 e. The summed E-state index contributed by atoms with van der Waals surface area (Å²) in [6.07, 6.45) is 1.37. The van der Waals surface area contributed by atoms with Gasteiger partial charge in [-0.25, -0.2) is 0 Å². The molecule has 0 fully saturated rings. The molecule has 0 radical (unpaired) electrons. The van der Waals surface area contributed by atoms with Crippen molar-refractivity contribution in [3.05, 3.63) is 0 Å². The first kappa shape index (κ1) is 15.4. The van der Waals surface area contributed by atoms with Gasteiger partial charge in [0.25, 0.3) is 0 Å². The van der Waals surface area contributed by atoms with Gasteiger partial charge >= 0.3 is 5.97 Å². The van der Waals surface area contributed by atoms with Gasteiger partial charge in [0.15, 0.2) is 0 Å². The number of carbonyl (C=O) groups excluding carboxylic acids is 2. The van der Waals surface area contributed by atoms with Gasteiger partial charge in [0.05, 0.1) is 13.0 Å². The van der Waals surface area contributed by atoms with Crippen LogP contribution in [0.3, 0.4) is 0 Å². The number of ether oxygens (including phenoxy) is 1. The minimum absolute atomic E-state index is 0.